The lowest BCUT2D eigenvalue weighted by atomic mass is 10.1. The molecule has 8 nitrogen and oxygen atoms in total. The van der Waals surface area contributed by atoms with E-state index in [-0.39, 0.29) is 24.8 Å². The minimum atomic E-state index is -0.568. The van der Waals surface area contributed by atoms with E-state index >= 15 is 0 Å². The summed E-state index contributed by atoms with van der Waals surface area (Å²) in [6.07, 6.45) is -1.92. The van der Waals surface area contributed by atoms with Gasteiger partial charge in [-0.3, -0.25) is 5.32 Å². The van der Waals surface area contributed by atoms with Crippen LogP contribution in [0.5, 0.6) is 0 Å². The molecule has 3 amide bonds. The molecule has 2 aliphatic rings. The van der Waals surface area contributed by atoms with Crippen LogP contribution in [-0.2, 0) is 20.8 Å². The first-order valence-electron chi connectivity index (χ1n) is 10.9. The molecule has 8 heteroatoms. The Kier molecular flexibility index (Phi) is 6.10. The summed E-state index contributed by atoms with van der Waals surface area (Å²) in [6.45, 7) is 0.927. The van der Waals surface area contributed by atoms with E-state index < -0.39 is 18.3 Å². The van der Waals surface area contributed by atoms with Gasteiger partial charge in [0.1, 0.15) is 12.2 Å². The number of hydrogen-bond acceptors (Lipinski definition) is 5. The fourth-order valence-corrected chi connectivity index (χ4v) is 4.30. The van der Waals surface area contributed by atoms with Gasteiger partial charge < -0.3 is 24.8 Å². The lowest BCUT2D eigenvalue weighted by Crippen LogP contribution is -2.48. The minimum absolute atomic E-state index is 0.210. The fourth-order valence-electron chi connectivity index (χ4n) is 4.30. The van der Waals surface area contributed by atoms with Gasteiger partial charge in [0.15, 0.2) is 6.10 Å². The third-order valence-electron chi connectivity index (χ3n) is 5.91. The van der Waals surface area contributed by atoms with Crippen LogP contribution in [0.1, 0.15) is 5.56 Å². The molecule has 0 aliphatic carbocycles. The van der Waals surface area contributed by atoms with Crippen molar-refractivity contribution in [3.63, 3.8) is 0 Å². The van der Waals surface area contributed by atoms with Crippen molar-refractivity contribution < 1.29 is 23.8 Å². The van der Waals surface area contributed by atoms with Crippen molar-refractivity contribution in [2.45, 2.75) is 30.9 Å². The van der Waals surface area contributed by atoms with E-state index in [2.05, 4.69) is 16.0 Å². The minimum Gasteiger partial charge on any atom is -0.441 e. The normalized spacial score (nSPS) is 23.6. The van der Waals surface area contributed by atoms with Crippen LogP contribution in [0.3, 0.4) is 0 Å². The van der Waals surface area contributed by atoms with Crippen LogP contribution in [0.2, 0.25) is 0 Å². The molecule has 33 heavy (non-hydrogen) atoms. The molecule has 0 spiro atoms. The van der Waals surface area contributed by atoms with Crippen LogP contribution in [0.4, 0.5) is 15.3 Å². The van der Waals surface area contributed by atoms with E-state index in [9.17, 15) is 9.59 Å². The summed E-state index contributed by atoms with van der Waals surface area (Å²) in [7, 11) is 0. The first-order chi connectivity index (χ1) is 16.2. The molecule has 4 atom stereocenters. The van der Waals surface area contributed by atoms with Crippen LogP contribution in [-0.4, -0.2) is 49.7 Å². The predicted molar refractivity (Wildman–Crippen MR) is 123 cm³/mol. The van der Waals surface area contributed by atoms with Gasteiger partial charge in [-0.25, -0.2) is 9.59 Å². The van der Waals surface area contributed by atoms with Crippen LogP contribution in [0, 0.1) is 0 Å². The van der Waals surface area contributed by atoms with Crippen molar-refractivity contribution >= 4 is 28.6 Å². The van der Waals surface area contributed by atoms with E-state index in [4.69, 9.17) is 14.2 Å². The largest absolute Gasteiger partial charge is 0.441 e. The molecule has 3 aromatic carbocycles. The van der Waals surface area contributed by atoms with Gasteiger partial charge in [0.2, 0.25) is 0 Å². The summed E-state index contributed by atoms with van der Waals surface area (Å²) in [4.78, 5) is 24.9. The number of fused-ring (bicyclic) bond motifs is 2. The number of rotatable bonds is 5. The third kappa shape index (κ3) is 4.76. The highest BCUT2D eigenvalue weighted by Gasteiger charge is 2.50. The summed E-state index contributed by atoms with van der Waals surface area (Å²) < 4.78 is 17.2. The predicted octanol–water partition coefficient (Wildman–Crippen LogP) is 3.42. The maximum atomic E-state index is 12.6. The molecule has 170 valence electrons. The van der Waals surface area contributed by atoms with E-state index in [1.54, 1.807) is 0 Å². The maximum absolute atomic E-state index is 12.6. The molecule has 0 bridgehead atoms. The molecule has 3 aromatic rings. The van der Waals surface area contributed by atoms with Crippen molar-refractivity contribution in [2.75, 3.05) is 18.5 Å². The number of urea groups is 1. The van der Waals surface area contributed by atoms with Gasteiger partial charge in [0.05, 0.1) is 24.9 Å². The van der Waals surface area contributed by atoms with Crippen molar-refractivity contribution in [3.05, 3.63) is 78.4 Å². The molecule has 0 aromatic heterocycles. The van der Waals surface area contributed by atoms with Gasteiger partial charge in [0.25, 0.3) is 0 Å². The molecular weight excluding hydrogens is 422 g/mol. The van der Waals surface area contributed by atoms with Gasteiger partial charge in [-0.1, -0.05) is 66.7 Å². The lowest BCUT2D eigenvalue weighted by molar-refractivity contribution is 0.00872. The summed E-state index contributed by atoms with van der Waals surface area (Å²) >= 11 is 0. The Balaban J connectivity index is 1.13. The van der Waals surface area contributed by atoms with Gasteiger partial charge in [0, 0.05) is 11.9 Å². The van der Waals surface area contributed by atoms with E-state index in [1.165, 1.54) is 0 Å². The quantitative estimate of drug-likeness (QED) is 0.557. The molecular formula is C25H25N3O5. The highest BCUT2D eigenvalue weighted by atomic mass is 16.6. The number of carbonyl (C=O) groups excluding carboxylic acids is 2. The van der Waals surface area contributed by atoms with E-state index in [0.29, 0.717) is 18.8 Å². The highest BCUT2D eigenvalue weighted by Crippen LogP contribution is 2.30. The number of anilines is 1. The maximum Gasteiger partial charge on any atom is 0.412 e. The summed E-state index contributed by atoms with van der Waals surface area (Å²) in [5, 5.41) is 10.5. The Morgan fingerprint density at radius 3 is 2.52 bits per heavy atom. The van der Waals surface area contributed by atoms with Crippen molar-refractivity contribution in [2.24, 2.45) is 0 Å². The summed E-state index contributed by atoms with van der Waals surface area (Å²) in [5.41, 5.74) is 1.69. The SMILES string of the molecule is O=C(NCc1ccccc1)NC1COC2C(OC(=O)Nc3cccc4ccccc34)COC12. The second-order valence-electron chi connectivity index (χ2n) is 8.11. The Bertz CT molecular complexity index is 1130. The number of ether oxygens (including phenoxy) is 3. The monoisotopic (exact) mass is 447 g/mol. The molecule has 2 heterocycles. The average molecular weight is 447 g/mol. The Labute approximate surface area is 191 Å². The van der Waals surface area contributed by atoms with Crippen LogP contribution >= 0.6 is 0 Å². The smallest absolute Gasteiger partial charge is 0.412 e. The Morgan fingerprint density at radius 1 is 0.879 bits per heavy atom. The third-order valence-corrected chi connectivity index (χ3v) is 5.91. The topological polar surface area (TPSA) is 97.9 Å². The molecule has 2 saturated heterocycles. The number of amides is 3. The van der Waals surface area contributed by atoms with Crippen molar-refractivity contribution in [3.8, 4) is 0 Å². The molecule has 2 fully saturated rings. The van der Waals surface area contributed by atoms with Crippen molar-refractivity contribution in [1.82, 2.24) is 10.6 Å². The fraction of sp³-hybridized carbons (Fsp3) is 0.280. The summed E-state index contributed by atoms with van der Waals surface area (Å²) in [5.74, 6) is 0. The standard InChI is InChI=1S/C25H25N3O5/c29-24(26-13-16-7-2-1-3-8-16)27-20-14-31-23-21(15-32-22(20)23)33-25(30)28-19-12-6-10-17-9-4-5-11-18(17)19/h1-12,20-23H,13-15H2,(H,28,30)(H2,26,27,29). The van der Waals surface area contributed by atoms with Gasteiger partial charge in [-0.15, -0.1) is 0 Å². The highest BCUT2D eigenvalue weighted by molar-refractivity contribution is 6.00. The van der Waals surface area contributed by atoms with E-state index in [0.717, 1.165) is 16.3 Å². The van der Waals surface area contributed by atoms with Crippen molar-refractivity contribution in [1.29, 1.82) is 0 Å². The first-order valence-corrected chi connectivity index (χ1v) is 10.9. The Hall–Kier alpha value is -3.62. The zero-order chi connectivity index (χ0) is 22.6. The molecule has 5 rings (SSSR count). The van der Waals surface area contributed by atoms with Gasteiger partial charge >= 0.3 is 12.1 Å². The van der Waals surface area contributed by atoms with Crippen LogP contribution in [0.25, 0.3) is 10.8 Å². The molecule has 3 N–H and O–H groups in total. The van der Waals surface area contributed by atoms with Crippen LogP contribution in [0.15, 0.2) is 72.8 Å². The zero-order valence-electron chi connectivity index (χ0n) is 17.9. The van der Waals surface area contributed by atoms with Crippen LogP contribution < -0.4 is 16.0 Å². The van der Waals surface area contributed by atoms with Gasteiger partial charge in [-0.05, 0) is 17.0 Å². The number of benzene rings is 3. The second kappa shape index (κ2) is 9.48. The van der Waals surface area contributed by atoms with Gasteiger partial charge in [-0.2, -0.15) is 0 Å². The molecule has 2 aliphatic heterocycles. The second-order valence-corrected chi connectivity index (χ2v) is 8.11. The molecule has 0 saturated carbocycles. The summed E-state index contributed by atoms with van der Waals surface area (Å²) in [6, 6.07) is 22.5. The zero-order valence-corrected chi connectivity index (χ0v) is 17.9. The number of nitrogens with one attached hydrogen (secondary N) is 3. The molecule has 0 radical (unpaired) electrons. The average Bonchev–Trinajstić information content (AvgIpc) is 3.42. The number of hydrogen-bond donors (Lipinski definition) is 3. The molecule has 4 unspecified atom stereocenters. The number of carbonyl (C=O) groups is 2. The van der Waals surface area contributed by atoms with E-state index in [1.807, 2.05) is 72.8 Å². The first kappa shape index (κ1) is 21.2. The lowest BCUT2D eigenvalue weighted by Gasteiger charge is -2.18. The Morgan fingerprint density at radius 2 is 1.64 bits per heavy atom.